The van der Waals surface area contributed by atoms with Crippen molar-refractivity contribution in [2.75, 3.05) is 29.7 Å². The SMILES string of the molecule is O=C(OCc1ccccc1)N1CCC(S(=O)(=O)Nc2nc3ccccc3nc2Nc2cc(O)ccc2CCCO)CC1. The van der Waals surface area contributed by atoms with Crippen LogP contribution < -0.4 is 10.0 Å². The fraction of sp³-hybridized carbons (Fsp3) is 0.300. The minimum absolute atomic E-state index is 0.00467. The molecule has 0 spiro atoms. The molecule has 2 heterocycles. The maximum absolute atomic E-state index is 13.5. The standard InChI is InChI=1S/C30H33N5O6S/c36-18-6-9-22-12-13-23(37)19-27(22)33-28-29(32-26-11-5-4-10-25(26)31-28)34-42(39,40)24-14-16-35(17-15-24)30(38)41-20-21-7-2-1-3-8-21/h1-5,7-8,10-13,19,24,36-37H,6,9,14-18,20H2,(H,31,33)(H,32,34). The number of ether oxygens (including phenoxy) is 1. The maximum Gasteiger partial charge on any atom is 0.410 e. The summed E-state index contributed by atoms with van der Waals surface area (Å²) in [5, 5.41) is 21.8. The highest BCUT2D eigenvalue weighted by Gasteiger charge is 2.33. The summed E-state index contributed by atoms with van der Waals surface area (Å²) in [5.41, 5.74) is 3.28. The molecule has 1 amide bonds. The molecule has 4 aromatic rings. The number of aromatic hydroxyl groups is 1. The minimum Gasteiger partial charge on any atom is -0.508 e. The van der Waals surface area contributed by atoms with Crippen LogP contribution in [0.15, 0.2) is 72.8 Å². The largest absolute Gasteiger partial charge is 0.508 e. The number of nitrogens with zero attached hydrogens (tertiary/aromatic N) is 3. The van der Waals surface area contributed by atoms with Gasteiger partial charge in [-0.05, 0) is 55.0 Å². The lowest BCUT2D eigenvalue weighted by atomic mass is 10.1. The average molecular weight is 592 g/mol. The Hall–Kier alpha value is -4.42. The van der Waals surface area contributed by atoms with Gasteiger partial charge in [0.1, 0.15) is 12.4 Å². The summed E-state index contributed by atoms with van der Waals surface area (Å²) in [6.45, 7) is 0.637. The number of fused-ring (bicyclic) bond motifs is 1. The summed E-state index contributed by atoms with van der Waals surface area (Å²) in [7, 11) is -3.91. The van der Waals surface area contributed by atoms with Crippen LogP contribution in [0.3, 0.4) is 0 Å². The first kappa shape index (κ1) is 29.1. The number of anilines is 3. The third kappa shape index (κ3) is 7.07. The first-order valence-corrected chi connectivity index (χ1v) is 15.3. The molecule has 0 unspecified atom stereocenters. The highest BCUT2D eigenvalue weighted by molar-refractivity contribution is 7.93. The molecule has 3 aromatic carbocycles. The topological polar surface area (TPSA) is 154 Å². The van der Waals surface area contributed by atoms with Crippen molar-refractivity contribution in [1.82, 2.24) is 14.9 Å². The fourth-order valence-electron chi connectivity index (χ4n) is 4.83. The fourth-order valence-corrected chi connectivity index (χ4v) is 6.24. The van der Waals surface area contributed by atoms with Crippen LogP contribution in [0.2, 0.25) is 0 Å². The molecule has 4 N–H and O–H groups in total. The number of amides is 1. The number of hydrogen-bond acceptors (Lipinski definition) is 9. The molecule has 0 aliphatic carbocycles. The highest BCUT2D eigenvalue weighted by atomic mass is 32.2. The van der Waals surface area contributed by atoms with Gasteiger partial charge in [0, 0.05) is 31.5 Å². The van der Waals surface area contributed by atoms with Gasteiger partial charge in [0.25, 0.3) is 0 Å². The number of para-hydroxylation sites is 2. The van der Waals surface area contributed by atoms with Crippen LogP contribution in [-0.4, -0.2) is 64.5 Å². The number of nitrogens with one attached hydrogen (secondary N) is 2. The van der Waals surface area contributed by atoms with E-state index in [0.717, 1.165) is 11.1 Å². The van der Waals surface area contributed by atoms with Crippen molar-refractivity contribution in [3.05, 3.63) is 83.9 Å². The van der Waals surface area contributed by atoms with E-state index >= 15 is 0 Å². The molecule has 1 saturated heterocycles. The Bertz CT molecular complexity index is 1640. The van der Waals surface area contributed by atoms with E-state index in [-0.39, 0.29) is 56.5 Å². The summed E-state index contributed by atoms with van der Waals surface area (Å²) in [6, 6.07) is 21.3. The second kappa shape index (κ2) is 13.0. The number of sulfonamides is 1. The monoisotopic (exact) mass is 591 g/mol. The van der Waals surface area contributed by atoms with Crippen molar-refractivity contribution in [2.45, 2.75) is 37.5 Å². The van der Waals surface area contributed by atoms with Gasteiger partial charge in [0.05, 0.1) is 16.3 Å². The Morgan fingerprint density at radius 1 is 0.952 bits per heavy atom. The summed E-state index contributed by atoms with van der Waals surface area (Å²) >= 11 is 0. The molecule has 5 rings (SSSR count). The quantitative estimate of drug-likeness (QED) is 0.208. The molecule has 0 bridgehead atoms. The van der Waals surface area contributed by atoms with Crippen LogP contribution >= 0.6 is 0 Å². The summed E-state index contributed by atoms with van der Waals surface area (Å²) in [4.78, 5) is 23.3. The number of phenols is 1. The van der Waals surface area contributed by atoms with E-state index in [1.54, 1.807) is 30.3 Å². The number of likely N-dealkylation sites (tertiary alicyclic amines) is 1. The lowest BCUT2D eigenvalue weighted by Gasteiger charge is -2.31. The zero-order valence-corrected chi connectivity index (χ0v) is 23.8. The molecule has 42 heavy (non-hydrogen) atoms. The van der Waals surface area contributed by atoms with Crippen LogP contribution in [0, 0.1) is 0 Å². The van der Waals surface area contributed by atoms with Crippen LogP contribution in [0.1, 0.15) is 30.4 Å². The van der Waals surface area contributed by atoms with Gasteiger partial charge >= 0.3 is 6.09 Å². The van der Waals surface area contributed by atoms with Crippen LogP contribution in [0.25, 0.3) is 11.0 Å². The highest BCUT2D eigenvalue weighted by Crippen LogP contribution is 2.31. The third-order valence-electron chi connectivity index (χ3n) is 7.10. The lowest BCUT2D eigenvalue weighted by molar-refractivity contribution is 0.0897. The zero-order chi connectivity index (χ0) is 29.5. The Labute approximate surface area is 244 Å². The van der Waals surface area contributed by atoms with Crippen molar-refractivity contribution >= 4 is 44.5 Å². The molecule has 11 nitrogen and oxygen atoms in total. The first-order valence-electron chi connectivity index (χ1n) is 13.8. The minimum atomic E-state index is -3.91. The molecule has 1 aromatic heterocycles. The molecule has 1 aliphatic rings. The molecule has 1 fully saturated rings. The van der Waals surface area contributed by atoms with Gasteiger partial charge in [-0.1, -0.05) is 48.5 Å². The van der Waals surface area contributed by atoms with Gasteiger partial charge in [0.2, 0.25) is 10.0 Å². The number of aromatic nitrogens is 2. The van der Waals surface area contributed by atoms with Gasteiger partial charge in [0.15, 0.2) is 11.6 Å². The normalized spacial score (nSPS) is 14.1. The first-order chi connectivity index (χ1) is 20.3. The van der Waals surface area contributed by atoms with E-state index in [4.69, 9.17) is 4.74 Å². The maximum atomic E-state index is 13.5. The molecular formula is C30H33N5O6S. The predicted octanol–water partition coefficient (Wildman–Crippen LogP) is 4.55. The van der Waals surface area contributed by atoms with Crippen molar-refractivity contribution in [1.29, 1.82) is 0 Å². The number of carbonyl (C=O) groups excluding carboxylic acids is 1. The molecule has 220 valence electrons. The van der Waals surface area contributed by atoms with E-state index in [9.17, 15) is 23.4 Å². The lowest BCUT2D eigenvalue weighted by Crippen LogP contribution is -2.44. The summed E-state index contributed by atoms with van der Waals surface area (Å²) in [6.07, 6.45) is 1.04. The molecule has 1 aliphatic heterocycles. The Balaban J connectivity index is 1.31. The predicted molar refractivity (Wildman–Crippen MR) is 160 cm³/mol. The van der Waals surface area contributed by atoms with Gasteiger partial charge in [-0.2, -0.15) is 0 Å². The Morgan fingerprint density at radius 3 is 2.31 bits per heavy atom. The number of piperidine rings is 1. The Morgan fingerprint density at radius 2 is 1.62 bits per heavy atom. The number of aryl methyl sites for hydroxylation is 1. The summed E-state index contributed by atoms with van der Waals surface area (Å²) < 4.78 is 35.1. The molecule has 0 atom stereocenters. The second-order valence-corrected chi connectivity index (χ2v) is 12.0. The number of benzene rings is 3. The van der Waals surface area contributed by atoms with Crippen LogP contribution in [-0.2, 0) is 27.8 Å². The van der Waals surface area contributed by atoms with E-state index in [1.807, 2.05) is 36.4 Å². The van der Waals surface area contributed by atoms with Gasteiger partial charge in [-0.25, -0.2) is 23.2 Å². The van der Waals surface area contributed by atoms with Crippen molar-refractivity contribution in [3.8, 4) is 5.75 Å². The Kier molecular flexibility index (Phi) is 9.03. The smallest absolute Gasteiger partial charge is 0.410 e. The number of carbonyl (C=O) groups is 1. The molecule has 12 heteroatoms. The third-order valence-corrected chi connectivity index (χ3v) is 8.93. The van der Waals surface area contributed by atoms with Gasteiger partial charge in [-0.15, -0.1) is 0 Å². The van der Waals surface area contributed by atoms with E-state index in [2.05, 4.69) is 20.0 Å². The van der Waals surface area contributed by atoms with Crippen molar-refractivity contribution in [3.63, 3.8) is 0 Å². The number of phenolic OH excluding ortho intramolecular Hbond substituents is 1. The number of aliphatic hydroxyl groups is 1. The van der Waals surface area contributed by atoms with E-state index in [1.165, 1.54) is 11.0 Å². The van der Waals surface area contributed by atoms with Gasteiger partial charge < -0.3 is 25.2 Å². The summed E-state index contributed by atoms with van der Waals surface area (Å²) in [5.74, 6) is 0.222. The molecule has 0 saturated carbocycles. The van der Waals surface area contributed by atoms with E-state index in [0.29, 0.717) is 29.6 Å². The average Bonchev–Trinajstić information content (AvgIpc) is 3.00. The number of hydrogen-bond donors (Lipinski definition) is 4. The van der Waals surface area contributed by atoms with Crippen LogP contribution in [0.4, 0.5) is 22.1 Å². The van der Waals surface area contributed by atoms with Crippen LogP contribution in [0.5, 0.6) is 5.75 Å². The van der Waals surface area contributed by atoms with Crippen molar-refractivity contribution < 1.29 is 28.2 Å². The number of aliphatic hydroxyl groups excluding tert-OH is 1. The zero-order valence-electron chi connectivity index (χ0n) is 22.9. The van der Waals surface area contributed by atoms with Gasteiger partial charge in [-0.3, -0.25) is 4.72 Å². The molecular weight excluding hydrogens is 558 g/mol. The van der Waals surface area contributed by atoms with E-state index < -0.39 is 21.4 Å². The second-order valence-electron chi connectivity index (χ2n) is 10.1. The number of rotatable bonds is 10. The molecule has 0 radical (unpaired) electrons. The van der Waals surface area contributed by atoms with Crippen molar-refractivity contribution in [2.24, 2.45) is 0 Å².